The van der Waals surface area contributed by atoms with Crippen LogP contribution in [0.3, 0.4) is 0 Å². The normalized spacial score (nSPS) is 11.6. The summed E-state index contributed by atoms with van der Waals surface area (Å²) >= 11 is 0. The molecule has 0 saturated carbocycles. The van der Waals surface area contributed by atoms with Gasteiger partial charge < -0.3 is 9.84 Å². The fourth-order valence-corrected chi connectivity index (χ4v) is 4.37. The molecule has 0 aromatic heterocycles. The van der Waals surface area contributed by atoms with Crippen LogP contribution < -0.4 is 4.74 Å². The first kappa shape index (κ1) is 26.2. The molecule has 0 aliphatic heterocycles. The molecule has 2 N–H and O–H groups in total. The SMILES string of the molecule is CCCCCCCCCCCCCCc1cccc(O)c1Oc1cccc(S(=O)(=O)O)c1. The fourth-order valence-electron chi connectivity index (χ4n) is 3.86. The van der Waals surface area contributed by atoms with Crippen LogP contribution in [0.15, 0.2) is 47.4 Å². The Labute approximate surface area is 193 Å². The van der Waals surface area contributed by atoms with Crippen LogP contribution in [0, 0.1) is 0 Å². The zero-order valence-electron chi connectivity index (χ0n) is 19.3. The summed E-state index contributed by atoms with van der Waals surface area (Å²) in [5, 5.41) is 10.3. The molecular formula is C26H38O5S. The molecule has 0 radical (unpaired) electrons. The number of aryl methyl sites for hydroxylation is 1. The van der Waals surface area contributed by atoms with E-state index in [2.05, 4.69) is 6.92 Å². The maximum absolute atomic E-state index is 11.4. The summed E-state index contributed by atoms with van der Waals surface area (Å²) in [4.78, 5) is -0.243. The third-order valence-corrected chi connectivity index (χ3v) is 6.55. The van der Waals surface area contributed by atoms with Gasteiger partial charge in [-0.05, 0) is 36.6 Å². The van der Waals surface area contributed by atoms with Crippen molar-refractivity contribution in [2.75, 3.05) is 0 Å². The highest BCUT2D eigenvalue weighted by atomic mass is 32.2. The van der Waals surface area contributed by atoms with Gasteiger partial charge >= 0.3 is 0 Å². The lowest BCUT2D eigenvalue weighted by Crippen LogP contribution is -1.99. The van der Waals surface area contributed by atoms with Gasteiger partial charge in [0.05, 0.1) is 4.90 Å². The van der Waals surface area contributed by atoms with Gasteiger partial charge in [0.15, 0.2) is 11.5 Å². The molecule has 5 nitrogen and oxygen atoms in total. The molecule has 0 unspecified atom stereocenters. The predicted octanol–water partition coefficient (Wildman–Crippen LogP) is 7.67. The zero-order valence-corrected chi connectivity index (χ0v) is 20.1. The van der Waals surface area contributed by atoms with E-state index < -0.39 is 10.1 Å². The molecule has 2 aromatic carbocycles. The van der Waals surface area contributed by atoms with Crippen LogP contribution in [-0.4, -0.2) is 18.1 Å². The van der Waals surface area contributed by atoms with E-state index in [1.165, 1.54) is 82.4 Å². The zero-order chi connectivity index (χ0) is 23.2. The predicted molar refractivity (Wildman–Crippen MR) is 129 cm³/mol. The van der Waals surface area contributed by atoms with Crippen molar-refractivity contribution >= 4 is 10.1 Å². The summed E-state index contributed by atoms with van der Waals surface area (Å²) in [6.07, 6.45) is 16.2. The first-order valence-electron chi connectivity index (χ1n) is 12.0. The van der Waals surface area contributed by atoms with Crippen LogP contribution in [0.1, 0.15) is 89.5 Å². The molecule has 0 fully saturated rings. The van der Waals surface area contributed by atoms with Gasteiger partial charge in [-0.2, -0.15) is 8.42 Å². The van der Waals surface area contributed by atoms with Crippen molar-refractivity contribution in [1.29, 1.82) is 0 Å². The van der Waals surface area contributed by atoms with Crippen molar-refractivity contribution in [1.82, 2.24) is 0 Å². The van der Waals surface area contributed by atoms with Crippen LogP contribution >= 0.6 is 0 Å². The molecule has 0 heterocycles. The van der Waals surface area contributed by atoms with E-state index in [0.29, 0.717) is 5.75 Å². The number of unbranched alkanes of at least 4 members (excludes halogenated alkanes) is 11. The third-order valence-electron chi connectivity index (χ3n) is 5.70. The lowest BCUT2D eigenvalue weighted by Gasteiger charge is -2.13. The van der Waals surface area contributed by atoms with Gasteiger partial charge in [0, 0.05) is 6.07 Å². The van der Waals surface area contributed by atoms with Crippen molar-refractivity contribution in [2.24, 2.45) is 0 Å². The van der Waals surface area contributed by atoms with Crippen LogP contribution in [0.5, 0.6) is 17.2 Å². The molecule has 0 aliphatic rings. The molecule has 2 rings (SSSR count). The van der Waals surface area contributed by atoms with Gasteiger partial charge in [-0.15, -0.1) is 0 Å². The molecule has 0 aliphatic carbocycles. The number of aromatic hydroxyl groups is 1. The number of benzene rings is 2. The Bertz CT molecular complexity index is 908. The number of hydrogen-bond donors (Lipinski definition) is 2. The van der Waals surface area contributed by atoms with E-state index in [9.17, 15) is 18.1 Å². The molecule has 2 aromatic rings. The Morgan fingerprint density at radius 1 is 0.781 bits per heavy atom. The largest absolute Gasteiger partial charge is 0.504 e. The quantitative estimate of drug-likeness (QED) is 0.197. The molecule has 0 saturated heterocycles. The van der Waals surface area contributed by atoms with Crippen LogP contribution in [0.25, 0.3) is 0 Å². The standard InChI is InChI=1S/C26H38O5S/c1-2-3-4-5-6-7-8-9-10-11-12-13-16-22-17-14-20-25(27)26(22)31-23-18-15-19-24(21-23)32(28,29)30/h14-15,17-21,27H,2-13,16H2,1H3,(H,28,29,30). The highest BCUT2D eigenvalue weighted by Crippen LogP contribution is 2.35. The number of phenols is 1. The Morgan fingerprint density at radius 2 is 1.34 bits per heavy atom. The summed E-state index contributed by atoms with van der Waals surface area (Å²) in [6.45, 7) is 2.25. The molecule has 0 bridgehead atoms. The summed E-state index contributed by atoms with van der Waals surface area (Å²) in [6, 6.07) is 10.9. The Balaban J connectivity index is 1.76. The number of para-hydroxylation sites is 1. The third kappa shape index (κ3) is 9.61. The van der Waals surface area contributed by atoms with Crippen LogP contribution in [0.2, 0.25) is 0 Å². The molecule has 178 valence electrons. The van der Waals surface area contributed by atoms with Crippen LogP contribution in [0.4, 0.5) is 0 Å². The topological polar surface area (TPSA) is 83.8 Å². The summed E-state index contributed by atoms with van der Waals surface area (Å²) in [5.74, 6) is 0.597. The van der Waals surface area contributed by atoms with Crippen LogP contribution in [-0.2, 0) is 16.5 Å². The van der Waals surface area contributed by atoms with Gasteiger partial charge in [-0.3, -0.25) is 4.55 Å². The Morgan fingerprint density at radius 3 is 1.94 bits per heavy atom. The number of ether oxygens (including phenoxy) is 1. The van der Waals surface area contributed by atoms with Gasteiger partial charge in [0.25, 0.3) is 10.1 Å². The van der Waals surface area contributed by atoms with Crippen molar-refractivity contribution in [3.63, 3.8) is 0 Å². The maximum Gasteiger partial charge on any atom is 0.294 e. The minimum absolute atomic E-state index is 0.0127. The second-order valence-electron chi connectivity index (χ2n) is 8.46. The highest BCUT2D eigenvalue weighted by Gasteiger charge is 2.14. The van der Waals surface area contributed by atoms with Gasteiger partial charge in [0.2, 0.25) is 0 Å². The minimum atomic E-state index is -4.32. The number of phenolic OH excluding ortho intramolecular Hbond substituents is 1. The summed E-state index contributed by atoms with van der Waals surface area (Å²) < 4.78 is 37.8. The molecule has 0 atom stereocenters. The van der Waals surface area contributed by atoms with Crippen molar-refractivity contribution in [2.45, 2.75) is 95.3 Å². The first-order valence-corrected chi connectivity index (χ1v) is 13.4. The molecule has 0 amide bonds. The average Bonchev–Trinajstić information content (AvgIpc) is 2.76. The summed E-state index contributed by atoms with van der Waals surface area (Å²) in [7, 11) is -4.32. The maximum atomic E-state index is 11.4. The van der Waals surface area contributed by atoms with Crippen molar-refractivity contribution < 1.29 is 22.8 Å². The lowest BCUT2D eigenvalue weighted by atomic mass is 10.0. The average molecular weight is 463 g/mol. The van der Waals surface area contributed by atoms with E-state index in [-0.39, 0.29) is 16.4 Å². The van der Waals surface area contributed by atoms with Gasteiger partial charge in [-0.1, -0.05) is 95.8 Å². The molecule has 0 spiro atoms. The molecular weight excluding hydrogens is 424 g/mol. The lowest BCUT2D eigenvalue weighted by molar-refractivity contribution is 0.405. The second kappa shape index (κ2) is 14.2. The van der Waals surface area contributed by atoms with Gasteiger partial charge in [0.1, 0.15) is 5.75 Å². The fraction of sp³-hybridized carbons (Fsp3) is 0.538. The Hall–Kier alpha value is -2.05. The minimum Gasteiger partial charge on any atom is -0.504 e. The van der Waals surface area contributed by atoms with Crippen molar-refractivity contribution in [3.05, 3.63) is 48.0 Å². The number of rotatable bonds is 16. The van der Waals surface area contributed by atoms with E-state index in [4.69, 9.17) is 4.74 Å². The Kier molecular flexibility index (Phi) is 11.6. The van der Waals surface area contributed by atoms with Gasteiger partial charge in [-0.25, -0.2) is 0 Å². The van der Waals surface area contributed by atoms with E-state index in [1.54, 1.807) is 18.2 Å². The smallest absolute Gasteiger partial charge is 0.294 e. The monoisotopic (exact) mass is 462 g/mol. The van der Waals surface area contributed by atoms with E-state index in [0.717, 1.165) is 24.8 Å². The number of hydrogen-bond acceptors (Lipinski definition) is 4. The second-order valence-corrected chi connectivity index (χ2v) is 9.88. The van der Waals surface area contributed by atoms with E-state index >= 15 is 0 Å². The molecule has 32 heavy (non-hydrogen) atoms. The molecule has 6 heteroatoms. The van der Waals surface area contributed by atoms with Crippen molar-refractivity contribution in [3.8, 4) is 17.2 Å². The summed E-state index contributed by atoms with van der Waals surface area (Å²) in [5.41, 5.74) is 0.884. The highest BCUT2D eigenvalue weighted by molar-refractivity contribution is 7.85. The first-order chi connectivity index (χ1) is 15.4. The van der Waals surface area contributed by atoms with E-state index in [1.807, 2.05) is 6.07 Å².